The van der Waals surface area contributed by atoms with Crippen LogP contribution in [0.4, 0.5) is 5.69 Å². The number of carbonyl (C=O) groups is 1. The van der Waals surface area contributed by atoms with Gasteiger partial charge in [0.05, 0.1) is 10.7 Å². The van der Waals surface area contributed by atoms with E-state index < -0.39 is 0 Å². The zero-order valence-corrected chi connectivity index (χ0v) is 11.0. The fourth-order valence-corrected chi connectivity index (χ4v) is 2.13. The molecule has 0 bridgehead atoms. The number of anilines is 1. The van der Waals surface area contributed by atoms with Crippen molar-refractivity contribution in [2.75, 3.05) is 5.32 Å². The average molecular weight is 261 g/mol. The van der Waals surface area contributed by atoms with Gasteiger partial charge in [-0.1, -0.05) is 17.7 Å². The fraction of sp³-hybridized carbons (Fsp3) is 0.143. The normalized spacial score (nSPS) is 10.2. The number of halogens is 1. The molecule has 0 unspecified atom stereocenters. The van der Waals surface area contributed by atoms with Gasteiger partial charge in [0.25, 0.3) is 5.91 Å². The Morgan fingerprint density at radius 3 is 2.50 bits per heavy atom. The summed E-state index contributed by atoms with van der Waals surface area (Å²) in [6.45, 7) is 3.88. The van der Waals surface area contributed by atoms with Crippen LogP contribution in [0.1, 0.15) is 21.5 Å². The molecule has 0 aliphatic rings. The zero-order valence-electron chi connectivity index (χ0n) is 10.2. The number of hydrogen-bond donors (Lipinski definition) is 1. The lowest BCUT2D eigenvalue weighted by atomic mass is 10.1. The van der Waals surface area contributed by atoms with E-state index in [9.17, 15) is 4.79 Å². The third kappa shape index (κ3) is 2.68. The van der Waals surface area contributed by atoms with Crippen LogP contribution in [0.3, 0.4) is 0 Å². The summed E-state index contributed by atoms with van der Waals surface area (Å²) in [6.07, 6.45) is 3.16. The molecule has 1 amide bonds. The SMILES string of the molecule is Cc1cc(C)c(NC(=O)c2ccncc2)c(Cl)c1. The van der Waals surface area contributed by atoms with Crippen LogP contribution >= 0.6 is 11.6 Å². The first-order valence-corrected chi connectivity index (χ1v) is 5.94. The highest BCUT2D eigenvalue weighted by atomic mass is 35.5. The summed E-state index contributed by atoms with van der Waals surface area (Å²) < 4.78 is 0. The molecule has 0 atom stereocenters. The molecule has 18 heavy (non-hydrogen) atoms. The molecule has 1 aromatic carbocycles. The van der Waals surface area contributed by atoms with Crippen LogP contribution in [0.25, 0.3) is 0 Å². The quantitative estimate of drug-likeness (QED) is 0.896. The minimum Gasteiger partial charge on any atom is -0.320 e. The Hall–Kier alpha value is -1.87. The van der Waals surface area contributed by atoms with E-state index in [1.807, 2.05) is 26.0 Å². The summed E-state index contributed by atoms with van der Waals surface area (Å²) in [5.74, 6) is -0.189. The number of aromatic nitrogens is 1. The van der Waals surface area contributed by atoms with Crippen LogP contribution in [-0.4, -0.2) is 10.9 Å². The molecular weight excluding hydrogens is 248 g/mol. The third-order valence-corrected chi connectivity index (χ3v) is 2.91. The molecule has 0 aliphatic heterocycles. The van der Waals surface area contributed by atoms with Crippen molar-refractivity contribution in [3.05, 3.63) is 58.4 Å². The Bertz CT molecular complexity index is 559. The Morgan fingerprint density at radius 1 is 1.22 bits per heavy atom. The van der Waals surface area contributed by atoms with Crippen molar-refractivity contribution in [1.82, 2.24) is 4.98 Å². The molecule has 1 aromatic heterocycles. The molecule has 0 fully saturated rings. The standard InChI is InChI=1S/C14H13ClN2O/c1-9-7-10(2)13(12(15)8-9)17-14(18)11-3-5-16-6-4-11/h3-8H,1-2H3,(H,17,18). The second kappa shape index (κ2) is 5.19. The second-order valence-corrected chi connectivity index (χ2v) is 4.54. The molecular formula is C14H13ClN2O. The van der Waals surface area contributed by atoms with Crippen molar-refractivity contribution in [3.8, 4) is 0 Å². The van der Waals surface area contributed by atoms with Gasteiger partial charge in [0.1, 0.15) is 0 Å². The van der Waals surface area contributed by atoms with Crippen molar-refractivity contribution in [2.24, 2.45) is 0 Å². The van der Waals surface area contributed by atoms with E-state index in [0.29, 0.717) is 16.3 Å². The summed E-state index contributed by atoms with van der Waals surface area (Å²) in [5.41, 5.74) is 3.23. The van der Waals surface area contributed by atoms with Crippen LogP contribution in [0.15, 0.2) is 36.7 Å². The zero-order chi connectivity index (χ0) is 13.1. The number of hydrogen-bond acceptors (Lipinski definition) is 2. The topological polar surface area (TPSA) is 42.0 Å². The van der Waals surface area contributed by atoms with E-state index in [2.05, 4.69) is 10.3 Å². The fourth-order valence-electron chi connectivity index (χ4n) is 1.76. The minimum atomic E-state index is -0.189. The van der Waals surface area contributed by atoms with E-state index >= 15 is 0 Å². The number of aryl methyl sites for hydroxylation is 2. The highest BCUT2D eigenvalue weighted by Crippen LogP contribution is 2.27. The number of nitrogens with zero attached hydrogens (tertiary/aromatic N) is 1. The average Bonchev–Trinajstić information content (AvgIpc) is 2.34. The summed E-state index contributed by atoms with van der Waals surface area (Å²) in [5, 5.41) is 3.37. The molecule has 0 saturated heterocycles. The van der Waals surface area contributed by atoms with Crippen LogP contribution in [0.5, 0.6) is 0 Å². The molecule has 4 heteroatoms. The summed E-state index contributed by atoms with van der Waals surface area (Å²) in [7, 11) is 0. The molecule has 3 nitrogen and oxygen atoms in total. The number of rotatable bonds is 2. The predicted molar refractivity (Wildman–Crippen MR) is 73.1 cm³/mol. The Labute approximate surface area is 111 Å². The molecule has 0 aliphatic carbocycles. The summed E-state index contributed by atoms with van der Waals surface area (Å²) in [4.78, 5) is 15.9. The first kappa shape index (κ1) is 12.6. The van der Waals surface area contributed by atoms with Crippen molar-refractivity contribution >= 4 is 23.2 Å². The van der Waals surface area contributed by atoms with Crippen LogP contribution in [-0.2, 0) is 0 Å². The molecule has 2 aromatic rings. The summed E-state index contributed by atoms with van der Waals surface area (Å²) >= 11 is 6.14. The van der Waals surface area contributed by atoms with Gasteiger partial charge in [0.15, 0.2) is 0 Å². The number of pyridine rings is 1. The highest BCUT2D eigenvalue weighted by molar-refractivity contribution is 6.34. The van der Waals surface area contributed by atoms with Gasteiger partial charge in [-0.3, -0.25) is 9.78 Å². The van der Waals surface area contributed by atoms with Crippen LogP contribution in [0, 0.1) is 13.8 Å². The van der Waals surface area contributed by atoms with Crippen LogP contribution in [0.2, 0.25) is 5.02 Å². The maximum atomic E-state index is 12.0. The van der Waals surface area contributed by atoms with E-state index in [-0.39, 0.29) is 5.91 Å². The van der Waals surface area contributed by atoms with Gasteiger partial charge in [-0.2, -0.15) is 0 Å². The molecule has 0 spiro atoms. The lowest BCUT2D eigenvalue weighted by molar-refractivity contribution is 0.102. The van der Waals surface area contributed by atoms with Gasteiger partial charge in [-0.15, -0.1) is 0 Å². The van der Waals surface area contributed by atoms with Gasteiger partial charge in [-0.05, 0) is 43.2 Å². The third-order valence-electron chi connectivity index (χ3n) is 2.61. The minimum absolute atomic E-state index is 0.189. The van der Waals surface area contributed by atoms with Crippen molar-refractivity contribution in [2.45, 2.75) is 13.8 Å². The number of amides is 1. The molecule has 0 saturated carbocycles. The first-order chi connectivity index (χ1) is 8.58. The lowest BCUT2D eigenvalue weighted by Gasteiger charge is -2.11. The second-order valence-electron chi connectivity index (χ2n) is 4.13. The molecule has 1 N–H and O–H groups in total. The van der Waals surface area contributed by atoms with Crippen molar-refractivity contribution < 1.29 is 4.79 Å². The maximum absolute atomic E-state index is 12.0. The Morgan fingerprint density at radius 2 is 1.89 bits per heavy atom. The number of benzene rings is 1. The van der Waals surface area contributed by atoms with E-state index in [0.717, 1.165) is 11.1 Å². The number of carbonyl (C=O) groups excluding carboxylic acids is 1. The van der Waals surface area contributed by atoms with Gasteiger partial charge in [0.2, 0.25) is 0 Å². The summed E-state index contributed by atoms with van der Waals surface area (Å²) in [6, 6.07) is 7.13. The van der Waals surface area contributed by atoms with Gasteiger partial charge in [-0.25, -0.2) is 0 Å². The molecule has 1 heterocycles. The molecule has 92 valence electrons. The van der Waals surface area contributed by atoms with Crippen molar-refractivity contribution in [3.63, 3.8) is 0 Å². The highest BCUT2D eigenvalue weighted by Gasteiger charge is 2.10. The maximum Gasteiger partial charge on any atom is 0.255 e. The van der Waals surface area contributed by atoms with Crippen LogP contribution < -0.4 is 5.32 Å². The number of nitrogens with one attached hydrogen (secondary N) is 1. The smallest absolute Gasteiger partial charge is 0.255 e. The Balaban J connectivity index is 2.28. The van der Waals surface area contributed by atoms with E-state index in [1.54, 1.807) is 24.5 Å². The van der Waals surface area contributed by atoms with E-state index in [1.165, 1.54) is 0 Å². The van der Waals surface area contributed by atoms with Crippen molar-refractivity contribution in [1.29, 1.82) is 0 Å². The van der Waals surface area contributed by atoms with Gasteiger partial charge in [0, 0.05) is 18.0 Å². The van der Waals surface area contributed by atoms with E-state index in [4.69, 9.17) is 11.6 Å². The largest absolute Gasteiger partial charge is 0.320 e. The van der Waals surface area contributed by atoms with Gasteiger partial charge < -0.3 is 5.32 Å². The van der Waals surface area contributed by atoms with Gasteiger partial charge >= 0.3 is 0 Å². The molecule has 0 radical (unpaired) electrons. The first-order valence-electron chi connectivity index (χ1n) is 5.56. The monoisotopic (exact) mass is 260 g/mol. The predicted octanol–water partition coefficient (Wildman–Crippen LogP) is 3.60. The molecule has 2 rings (SSSR count). The Kier molecular flexibility index (Phi) is 3.63. The lowest BCUT2D eigenvalue weighted by Crippen LogP contribution is -2.13.